The molecule has 0 aliphatic heterocycles. The fourth-order valence-corrected chi connectivity index (χ4v) is 2.44. The van der Waals surface area contributed by atoms with Crippen molar-refractivity contribution in [1.29, 1.82) is 0 Å². The summed E-state index contributed by atoms with van der Waals surface area (Å²) in [4.78, 5) is 11.7. The van der Waals surface area contributed by atoms with Gasteiger partial charge in [0.05, 0.1) is 22.8 Å². The van der Waals surface area contributed by atoms with Gasteiger partial charge in [-0.1, -0.05) is 23.7 Å². The number of para-hydroxylation sites is 1. The molecule has 4 heteroatoms. The van der Waals surface area contributed by atoms with Gasteiger partial charge in [-0.05, 0) is 18.6 Å². The minimum atomic E-state index is -0.0627. The van der Waals surface area contributed by atoms with E-state index < -0.39 is 0 Å². The lowest BCUT2D eigenvalue weighted by atomic mass is 10.1. The molecule has 0 radical (unpaired) electrons. The highest BCUT2D eigenvalue weighted by atomic mass is 35.5. The molecule has 16 heavy (non-hydrogen) atoms. The van der Waals surface area contributed by atoms with Gasteiger partial charge in [-0.25, -0.2) is 0 Å². The predicted octanol–water partition coefficient (Wildman–Crippen LogP) is 2.28. The average Bonchev–Trinajstić information content (AvgIpc) is 2.52. The Morgan fingerprint density at radius 3 is 2.75 bits per heavy atom. The van der Waals surface area contributed by atoms with Crippen molar-refractivity contribution in [2.24, 2.45) is 12.8 Å². The number of benzene rings is 1. The van der Waals surface area contributed by atoms with Crippen molar-refractivity contribution >= 4 is 28.3 Å². The number of Topliss-reactive ketones (excluding diaryl/α,β-unsaturated/α-hetero) is 1. The molecule has 1 aromatic carbocycles. The lowest BCUT2D eigenvalue weighted by Gasteiger charge is -2.03. The molecule has 0 amide bonds. The number of carbonyl (C=O) groups is 1. The van der Waals surface area contributed by atoms with Gasteiger partial charge in [-0.15, -0.1) is 0 Å². The van der Waals surface area contributed by atoms with E-state index in [2.05, 4.69) is 0 Å². The van der Waals surface area contributed by atoms with Crippen molar-refractivity contribution in [3.8, 4) is 0 Å². The fourth-order valence-electron chi connectivity index (χ4n) is 2.14. The molecule has 2 aromatic rings. The van der Waals surface area contributed by atoms with Crippen LogP contribution in [0.25, 0.3) is 10.9 Å². The SMILES string of the molecule is Cc1c(C(=O)CN)n(C)c2c(Cl)cccc12. The second-order valence-electron chi connectivity index (χ2n) is 3.80. The molecule has 0 fully saturated rings. The van der Waals surface area contributed by atoms with Gasteiger partial charge in [0.15, 0.2) is 5.78 Å². The maximum atomic E-state index is 11.7. The van der Waals surface area contributed by atoms with Crippen LogP contribution < -0.4 is 5.73 Å². The minimum absolute atomic E-state index is 0.0165. The van der Waals surface area contributed by atoms with Crippen molar-refractivity contribution < 1.29 is 4.79 Å². The molecule has 0 bridgehead atoms. The number of fused-ring (bicyclic) bond motifs is 1. The summed E-state index contributed by atoms with van der Waals surface area (Å²) in [5.41, 5.74) is 7.88. The first-order chi connectivity index (χ1) is 7.57. The van der Waals surface area contributed by atoms with Crippen molar-refractivity contribution in [3.63, 3.8) is 0 Å². The summed E-state index contributed by atoms with van der Waals surface area (Å²) in [6.07, 6.45) is 0. The maximum absolute atomic E-state index is 11.7. The molecule has 0 unspecified atom stereocenters. The first-order valence-electron chi connectivity index (χ1n) is 5.04. The topological polar surface area (TPSA) is 48.0 Å². The van der Waals surface area contributed by atoms with E-state index in [9.17, 15) is 4.79 Å². The van der Waals surface area contributed by atoms with E-state index in [0.717, 1.165) is 16.5 Å². The Morgan fingerprint density at radius 2 is 2.19 bits per heavy atom. The quantitative estimate of drug-likeness (QED) is 0.814. The smallest absolute Gasteiger partial charge is 0.192 e. The number of aryl methyl sites for hydroxylation is 2. The molecule has 0 saturated heterocycles. The fraction of sp³-hybridized carbons (Fsp3) is 0.250. The van der Waals surface area contributed by atoms with Crippen LogP contribution in [0.4, 0.5) is 0 Å². The van der Waals surface area contributed by atoms with Crippen LogP contribution in [0.1, 0.15) is 16.1 Å². The van der Waals surface area contributed by atoms with Crippen LogP contribution in [0.5, 0.6) is 0 Å². The Kier molecular flexibility index (Phi) is 2.74. The van der Waals surface area contributed by atoms with Crippen molar-refractivity contribution in [1.82, 2.24) is 4.57 Å². The van der Waals surface area contributed by atoms with Crippen LogP contribution in [0.2, 0.25) is 5.02 Å². The number of ketones is 1. The number of rotatable bonds is 2. The number of nitrogens with two attached hydrogens (primary N) is 1. The number of hydrogen-bond acceptors (Lipinski definition) is 2. The predicted molar refractivity (Wildman–Crippen MR) is 66.1 cm³/mol. The van der Waals surface area contributed by atoms with E-state index in [1.165, 1.54) is 0 Å². The Bertz CT molecular complexity index is 572. The van der Waals surface area contributed by atoms with Crippen LogP contribution in [-0.2, 0) is 7.05 Å². The van der Waals surface area contributed by atoms with Crippen LogP contribution in [0, 0.1) is 6.92 Å². The summed E-state index contributed by atoms with van der Waals surface area (Å²) in [6.45, 7) is 1.93. The van der Waals surface area contributed by atoms with Crippen LogP contribution in [0.3, 0.4) is 0 Å². The third-order valence-corrected chi connectivity index (χ3v) is 3.17. The van der Waals surface area contributed by atoms with Gasteiger partial charge in [0.1, 0.15) is 0 Å². The molecule has 1 aromatic heterocycles. The van der Waals surface area contributed by atoms with Crippen molar-refractivity contribution in [2.45, 2.75) is 6.92 Å². The summed E-state index contributed by atoms with van der Waals surface area (Å²) < 4.78 is 1.82. The third kappa shape index (κ3) is 1.44. The first-order valence-corrected chi connectivity index (χ1v) is 5.42. The number of halogens is 1. The molecule has 0 aliphatic rings. The van der Waals surface area contributed by atoms with Crippen LogP contribution >= 0.6 is 11.6 Å². The van der Waals surface area contributed by atoms with Gasteiger partial charge < -0.3 is 10.3 Å². The standard InChI is InChI=1S/C12H13ClN2O/c1-7-8-4-3-5-9(13)12(8)15(2)11(7)10(16)6-14/h3-5H,6,14H2,1-2H3. The average molecular weight is 237 g/mol. The van der Waals surface area contributed by atoms with E-state index in [-0.39, 0.29) is 12.3 Å². The molecule has 1 heterocycles. The summed E-state index contributed by atoms with van der Waals surface area (Å²) in [5.74, 6) is -0.0627. The number of carbonyl (C=O) groups excluding carboxylic acids is 1. The zero-order valence-corrected chi connectivity index (χ0v) is 10.0. The molecule has 3 nitrogen and oxygen atoms in total. The molecule has 0 spiro atoms. The highest BCUT2D eigenvalue weighted by molar-refractivity contribution is 6.35. The molecule has 84 valence electrons. The van der Waals surface area contributed by atoms with Gasteiger partial charge in [-0.3, -0.25) is 4.79 Å². The highest BCUT2D eigenvalue weighted by Crippen LogP contribution is 2.30. The third-order valence-electron chi connectivity index (χ3n) is 2.87. The van der Waals surface area contributed by atoms with Gasteiger partial charge in [-0.2, -0.15) is 0 Å². The number of hydrogen-bond donors (Lipinski definition) is 1. The molecular weight excluding hydrogens is 224 g/mol. The van der Waals surface area contributed by atoms with E-state index in [4.69, 9.17) is 17.3 Å². The lowest BCUT2D eigenvalue weighted by Crippen LogP contribution is -2.17. The number of nitrogens with zero attached hydrogens (tertiary/aromatic N) is 1. The van der Waals surface area contributed by atoms with Gasteiger partial charge in [0.2, 0.25) is 0 Å². The Labute approximate surface area is 98.8 Å². The van der Waals surface area contributed by atoms with Gasteiger partial charge >= 0.3 is 0 Å². The molecule has 2 N–H and O–H groups in total. The summed E-state index contributed by atoms with van der Waals surface area (Å²) in [6, 6.07) is 5.66. The maximum Gasteiger partial charge on any atom is 0.192 e. The van der Waals surface area contributed by atoms with Gasteiger partial charge in [0.25, 0.3) is 0 Å². The largest absolute Gasteiger partial charge is 0.340 e. The first kappa shape index (κ1) is 11.2. The Morgan fingerprint density at radius 1 is 1.50 bits per heavy atom. The Balaban J connectivity index is 2.87. The molecule has 0 saturated carbocycles. The van der Waals surface area contributed by atoms with Crippen molar-refractivity contribution in [2.75, 3.05) is 6.54 Å². The second kappa shape index (κ2) is 3.92. The zero-order chi connectivity index (χ0) is 11.9. The molecular formula is C12H13ClN2O. The van der Waals surface area contributed by atoms with Crippen LogP contribution in [-0.4, -0.2) is 16.9 Å². The van der Waals surface area contributed by atoms with Crippen LogP contribution in [0.15, 0.2) is 18.2 Å². The van der Waals surface area contributed by atoms with Crippen molar-refractivity contribution in [3.05, 3.63) is 34.5 Å². The minimum Gasteiger partial charge on any atom is -0.340 e. The van der Waals surface area contributed by atoms with E-state index >= 15 is 0 Å². The number of aromatic nitrogens is 1. The highest BCUT2D eigenvalue weighted by Gasteiger charge is 2.18. The van der Waals surface area contributed by atoms with E-state index in [1.54, 1.807) is 0 Å². The second-order valence-corrected chi connectivity index (χ2v) is 4.20. The monoisotopic (exact) mass is 236 g/mol. The summed E-state index contributed by atoms with van der Waals surface area (Å²) in [7, 11) is 1.84. The lowest BCUT2D eigenvalue weighted by molar-refractivity contribution is 0.0993. The molecule has 0 aliphatic carbocycles. The van der Waals surface area contributed by atoms with E-state index in [1.807, 2.05) is 36.7 Å². The molecule has 0 atom stereocenters. The summed E-state index contributed by atoms with van der Waals surface area (Å²) >= 11 is 6.13. The zero-order valence-electron chi connectivity index (χ0n) is 9.25. The van der Waals surface area contributed by atoms with E-state index in [0.29, 0.717) is 10.7 Å². The normalized spacial score (nSPS) is 11.0. The Hall–Kier alpha value is -1.32. The summed E-state index contributed by atoms with van der Waals surface area (Å²) in [5, 5.41) is 1.66. The van der Waals surface area contributed by atoms with Gasteiger partial charge in [0, 0.05) is 12.4 Å². The molecule has 2 rings (SSSR count).